The minimum atomic E-state index is 0.0534. The SMILES string of the molecule is CC(=O)c1csc(N(CC2CC2)C(C)C)n1. The first-order valence-electron chi connectivity index (χ1n) is 5.81. The number of anilines is 1. The predicted octanol–water partition coefficient (Wildman–Crippen LogP) is 2.97. The van der Waals surface area contributed by atoms with Gasteiger partial charge in [-0.05, 0) is 32.6 Å². The molecule has 0 radical (unpaired) electrons. The largest absolute Gasteiger partial charge is 0.345 e. The first-order chi connectivity index (χ1) is 7.58. The molecule has 88 valence electrons. The fourth-order valence-electron chi connectivity index (χ4n) is 1.65. The van der Waals surface area contributed by atoms with Crippen molar-refractivity contribution in [2.75, 3.05) is 11.4 Å². The topological polar surface area (TPSA) is 33.2 Å². The molecule has 1 aromatic heterocycles. The van der Waals surface area contributed by atoms with E-state index in [1.54, 1.807) is 18.3 Å². The number of thiazole rings is 1. The van der Waals surface area contributed by atoms with Gasteiger partial charge in [0, 0.05) is 24.9 Å². The summed E-state index contributed by atoms with van der Waals surface area (Å²) in [7, 11) is 0. The van der Waals surface area contributed by atoms with E-state index < -0.39 is 0 Å². The van der Waals surface area contributed by atoms with Crippen molar-refractivity contribution in [2.24, 2.45) is 5.92 Å². The highest BCUT2D eigenvalue weighted by Crippen LogP contribution is 2.33. The smallest absolute Gasteiger partial charge is 0.186 e. The van der Waals surface area contributed by atoms with Crippen LogP contribution in [-0.2, 0) is 0 Å². The van der Waals surface area contributed by atoms with Gasteiger partial charge in [0.15, 0.2) is 10.9 Å². The number of Topliss-reactive ketones (excluding diaryl/α,β-unsaturated/α-hetero) is 1. The summed E-state index contributed by atoms with van der Waals surface area (Å²) in [5.41, 5.74) is 0.599. The van der Waals surface area contributed by atoms with Gasteiger partial charge in [0.1, 0.15) is 5.69 Å². The molecule has 16 heavy (non-hydrogen) atoms. The number of aromatic nitrogens is 1. The van der Waals surface area contributed by atoms with Crippen LogP contribution in [-0.4, -0.2) is 23.4 Å². The molecule has 0 amide bonds. The lowest BCUT2D eigenvalue weighted by atomic mass is 10.3. The summed E-state index contributed by atoms with van der Waals surface area (Å²) in [6.45, 7) is 7.01. The summed E-state index contributed by atoms with van der Waals surface area (Å²) in [6.07, 6.45) is 2.68. The van der Waals surface area contributed by atoms with Gasteiger partial charge in [0.05, 0.1) is 0 Å². The third kappa shape index (κ3) is 2.61. The van der Waals surface area contributed by atoms with Crippen LogP contribution in [0.25, 0.3) is 0 Å². The fourth-order valence-corrected chi connectivity index (χ4v) is 2.65. The van der Waals surface area contributed by atoms with Crippen molar-refractivity contribution in [3.05, 3.63) is 11.1 Å². The van der Waals surface area contributed by atoms with E-state index >= 15 is 0 Å². The van der Waals surface area contributed by atoms with Crippen molar-refractivity contribution in [1.29, 1.82) is 0 Å². The number of hydrogen-bond donors (Lipinski definition) is 0. The second-order valence-electron chi connectivity index (χ2n) is 4.76. The van der Waals surface area contributed by atoms with Crippen LogP contribution in [0.2, 0.25) is 0 Å². The molecule has 0 atom stereocenters. The summed E-state index contributed by atoms with van der Waals surface area (Å²) >= 11 is 1.58. The van der Waals surface area contributed by atoms with Gasteiger partial charge in [-0.3, -0.25) is 4.79 Å². The van der Waals surface area contributed by atoms with Crippen molar-refractivity contribution in [1.82, 2.24) is 4.98 Å². The van der Waals surface area contributed by atoms with Crippen LogP contribution in [0.5, 0.6) is 0 Å². The van der Waals surface area contributed by atoms with E-state index in [4.69, 9.17) is 0 Å². The number of nitrogens with zero attached hydrogens (tertiary/aromatic N) is 2. The maximum absolute atomic E-state index is 11.2. The van der Waals surface area contributed by atoms with E-state index in [0.717, 1.165) is 17.6 Å². The van der Waals surface area contributed by atoms with Crippen molar-refractivity contribution >= 4 is 22.3 Å². The van der Waals surface area contributed by atoms with Crippen LogP contribution in [0.1, 0.15) is 44.1 Å². The molecule has 1 aliphatic carbocycles. The summed E-state index contributed by atoms with van der Waals surface area (Å²) in [5, 5.41) is 2.85. The molecule has 3 nitrogen and oxygen atoms in total. The zero-order valence-electron chi connectivity index (χ0n) is 10.1. The second-order valence-corrected chi connectivity index (χ2v) is 5.60. The minimum Gasteiger partial charge on any atom is -0.345 e. The first kappa shape index (κ1) is 11.6. The molecule has 0 saturated heterocycles. The van der Waals surface area contributed by atoms with Crippen LogP contribution in [0.3, 0.4) is 0 Å². The number of hydrogen-bond acceptors (Lipinski definition) is 4. The normalized spacial score (nSPS) is 15.5. The molecular weight excluding hydrogens is 220 g/mol. The maximum Gasteiger partial charge on any atom is 0.186 e. The molecule has 1 aliphatic rings. The Morgan fingerprint density at radius 3 is 2.75 bits per heavy atom. The Kier molecular flexibility index (Phi) is 3.28. The van der Waals surface area contributed by atoms with Crippen molar-refractivity contribution in [2.45, 2.75) is 39.7 Å². The average molecular weight is 238 g/mol. The summed E-state index contributed by atoms with van der Waals surface area (Å²) in [4.78, 5) is 17.9. The minimum absolute atomic E-state index is 0.0534. The Balaban J connectivity index is 2.13. The van der Waals surface area contributed by atoms with Crippen LogP contribution in [0.15, 0.2) is 5.38 Å². The third-order valence-electron chi connectivity index (χ3n) is 2.87. The molecule has 0 aromatic carbocycles. The monoisotopic (exact) mass is 238 g/mol. The fraction of sp³-hybridized carbons (Fsp3) is 0.667. The van der Waals surface area contributed by atoms with E-state index in [2.05, 4.69) is 23.7 Å². The highest BCUT2D eigenvalue weighted by molar-refractivity contribution is 7.13. The van der Waals surface area contributed by atoms with Gasteiger partial charge in [-0.15, -0.1) is 11.3 Å². The Morgan fingerprint density at radius 1 is 1.62 bits per heavy atom. The molecule has 0 bridgehead atoms. The highest BCUT2D eigenvalue weighted by atomic mass is 32.1. The molecule has 1 aromatic rings. The predicted molar refractivity (Wildman–Crippen MR) is 67.3 cm³/mol. The molecule has 0 aliphatic heterocycles. The number of carbonyl (C=O) groups excluding carboxylic acids is 1. The van der Waals surface area contributed by atoms with Gasteiger partial charge >= 0.3 is 0 Å². The summed E-state index contributed by atoms with van der Waals surface area (Å²) < 4.78 is 0. The van der Waals surface area contributed by atoms with Crippen molar-refractivity contribution < 1.29 is 4.79 Å². The van der Waals surface area contributed by atoms with E-state index in [1.165, 1.54) is 12.8 Å². The molecule has 0 spiro atoms. The van der Waals surface area contributed by atoms with Crippen LogP contribution < -0.4 is 4.90 Å². The van der Waals surface area contributed by atoms with E-state index in [1.807, 2.05) is 5.38 Å². The molecule has 1 fully saturated rings. The Bertz CT molecular complexity index is 382. The maximum atomic E-state index is 11.2. The van der Waals surface area contributed by atoms with Gasteiger partial charge in [0.25, 0.3) is 0 Å². The lowest BCUT2D eigenvalue weighted by Crippen LogP contribution is -2.32. The first-order valence-corrected chi connectivity index (χ1v) is 6.69. The van der Waals surface area contributed by atoms with E-state index in [9.17, 15) is 4.79 Å². The standard InChI is InChI=1S/C12H18N2OS/c1-8(2)14(6-10-4-5-10)12-13-11(7-16-12)9(3)15/h7-8,10H,4-6H2,1-3H3. The summed E-state index contributed by atoms with van der Waals surface area (Å²) in [5.74, 6) is 0.893. The number of rotatable bonds is 5. The molecule has 0 unspecified atom stereocenters. The van der Waals surface area contributed by atoms with Gasteiger partial charge in [0.2, 0.25) is 0 Å². The number of ketones is 1. The Labute approximate surface area is 100 Å². The van der Waals surface area contributed by atoms with Gasteiger partial charge in [-0.25, -0.2) is 4.98 Å². The van der Waals surface area contributed by atoms with Crippen molar-refractivity contribution in [3.63, 3.8) is 0 Å². The van der Waals surface area contributed by atoms with Crippen molar-refractivity contribution in [3.8, 4) is 0 Å². The Morgan fingerprint density at radius 2 is 2.31 bits per heavy atom. The average Bonchev–Trinajstić information content (AvgIpc) is 2.89. The molecule has 4 heteroatoms. The molecule has 1 heterocycles. The zero-order valence-corrected chi connectivity index (χ0v) is 10.9. The van der Waals surface area contributed by atoms with E-state index in [0.29, 0.717) is 11.7 Å². The zero-order chi connectivity index (χ0) is 11.7. The molecule has 2 rings (SSSR count). The molecule has 0 N–H and O–H groups in total. The lowest BCUT2D eigenvalue weighted by molar-refractivity contribution is 0.101. The van der Waals surface area contributed by atoms with Gasteiger partial charge < -0.3 is 4.90 Å². The third-order valence-corrected chi connectivity index (χ3v) is 3.75. The lowest BCUT2D eigenvalue weighted by Gasteiger charge is -2.25. The number of carbonyl (C=O) groups is 1. The van der Waals surface area contributed by atoms with Gasteiger partial charge in [-0.1, -0.05) is 0 Å². The Hall–Kier alpha value is -0.900. The van der Waals surface area contributed by atoms with Crippen LogP contribution in [0.4, 0.5) is 5.13 Å². The van der Waals surface area contributed by atoms with E-state index in [-0.39, 0.29) is 5.78 Å². The highest BCUT2D eigenvalue weighted by Gasteiger charge is 2.27. The second kappa shape index (κ2) is 4.53. The quantitative estimate of drug-likeness (QED) is 0.739. The van der Waals surface area contributed by atoms with Gasteiger partial charge in [-0.2, -0.15) is 0 Å². The molecular formula is C12H18N2OS. The summed E-state index contributed by atoms with van der Waals surface area (Å²) in [6, 6.07) is 0.451. The van der Waals surface area contributed by atoms with Crippen LogP contribution >= 0.6 is 11.3 Å². The van der Waals surface area contributed by atoms with Crippen LogP contribution in [0, 0.1) is 5.92 Å². The molecule has 1 saturated carbocycles.